The van der Waals surface area contributed by atoms with E-state index in [1.165, 1.54) is 0 Å². The molecule has 0 fully saturated rings. The van der Waals surface area contributed by atoms with Crippen molar-refractivity contribution < 1.29 is 4.39 Å². The van der Waals surface area contributed by atoms with Gasteiger partial charge in [-0.3, -0.25) is 0 Å². The maximum absolute atomic E-state index is 13.1. The summed E-state index contributed by atoms with van der Waals surface area (Å²) in [6, 6.07) is 0. The van der Waals surface area contributed by atoms with Crippen molar-refractivity contribution in [2.75, 3.05) is 6.54 Å². The Labute approximate surface area is 108 Å². The summed E-state index contributed by atoms with van der Waals surface area (Å²) in [5.41, 5.74) is 7.26. The lowest BCUT2D eigenvalue weighted by molar-refractivity contribution is 0.581. The molecule has 7 heteroatoms. The van der Waals surface area contributed by atoms with Gasteiger partial charge in [0.05, 0.1) is 11.6 Å². The van der Waals surface area contributed by atoms with Gasteiger partial charge < -0.3 is 21.7 Å². The molecule has 0 unspecified atom stereocenters. The van der Waals surface area contributed by atoms with Crippen molar-refractivity contribution >= 4 is 17.4 Å². The molecule has 0 saturated heterocycles. The van der Waals surface area contributed by atoms with Crippen molar-refractivity contribution in [1.82, 2.24) is 16.0 Å². The summed E-state index contributed by atoms with van der Waals surface area (Å²) in [6.45, 7) is 0.0525. The van der Waals surface area contributed by atoms with Gasteiger partial charge in [-0.05, 0) is 6.08 Å². The van der Waals surface area contributed by atoms with Crippen LogP contribution >= 0.6 is 11.6 Å². The number of rotatable bonds is 1. The van der Waals surface area contributed by atoms with Gasteiger partial charge in [-0.2, -0.15) is 0 Å². The smallest absolute Gasteiger partial charge is 0.161 e. The Morgan fingerprint density at radius 2 is 2.17 bits per heavy atom. The van der Waals surface area contributed by atoms with Gasteiger partial charge in [0.2, 0.25) is 0 Å². The molecule has 0 saturated carbocycles. The highest BCUT2D eigenvalue weighted by atomic mass is 35.5. The molecule has 1 atom stereocenters. The van der Waals surface area contributed by atoms with Crippen molar-refractivity contribution in [3.05, 3.63) is 46.3 Å². The third-order valence-electron chi connectivity index (χ3n) is 2.87. The predicted molar refractivity (Wildman–Crippen MR) is 67.9 cm³/mol. The van der Waals surface area contributed by atoms with E-state index < -0.39 is 5.83 Å². The van der Waals surface area contributed by atoms with Crippen LogP contribution in [0.1, 0.15) is 0 Å². The Hall–Kier alpha value is -1.95. The molecular weight excluding hydrogens is 257 g/mol. The molecule has 5 N–H and O–H groups in total. The number of dihydropyridines is 1. The SMILES string of the molecule is NC1=C(F)CNC(C2=CN[C@@H]3NC=C(Cl)C=C23)=N1. The molecule has 0 aromatic carbocycles. The largest absolute Gasteiger partial charge is 0.381 e. The van der Waals surface area contributed by atoms with Crippen LogP contribution in [0.5, 0.6) is 0 Å². The van der Waals surface area contributed by atoms with E-state index in [0.29, 0.717) is 10.9 Å². The van der Waals surface area contributed by atoms with Crippen molar-refractivity contribution in [1.29, 1.82) is 0 Å². The Kier molecular flexibility index (Phi) is 2.52. The van der Waals surface area contributed by atoms with Gasteiger partial charge in [0.15, 0.2) is 11.6 Å². The molecule has 3 aliphatic heterocycles. The van der Waals surface area contributed by atoms with Crippen molar-refractivity contribution in [3.8, 4) is 0 Å². The average molecular weight is 268 g/mol. The fourth-order valence-electron chi connectivity index (χ4n) is 1.98. The van der Waals surface area contributed by atoms with Crippen LogP contribution in [-0.2, 0) is 0 Å². The molecule has 3 aliphatic rings. The number of halogens is 2. The molecule has 94 valence electrons. The normalized spacial score (nSPS) is 26.0. The van der Waals surface area contributed by atoms with E-state index in [1.54, 1.807) is 12.4 Å². The maximum Gasteiger partial charge on any atom is 0.161 e. The first-order valence-electron chi connectivity index (χ1n) is 5.42. The van der Waals surface area contributed by atoms with Crippen LogP contribution in [0.3, 0.4) is 0 Å². The van der Waals surface area contributed by atoms with E-state index in [1.807, 2.05) is 6.08 Å². The molecule has 0 radical (unpaired) electrons. The fraction of sp³-hybridized carbons (Fsp3) is 0.182. The number of fused-ring (bicyclic) bond motifs is 1. The lowest BCUT2D eigenvalue weighted by Crippen LogP contribution is -2.38. The zero-order chi connectivity index (χ0) is 12.7. The minimum atomic E-state index is -0.449. The Balaban J connectivity index is 1.95. The molecular formula is C11H11ClFN5. The van der Waals surface area contributed by atoms with Gasteiger partial charge in [-0.15, -0.1) is 0 Å². The van der Waals surface area contributed by atoms with E-state index in [2.05, 4.69) is 20.9 Å². The molecule has 0 bridgehead atoms. The predicted octanol–water partition coefficient (Wildman–Crippen LogP) is 0.508. The molecule has 5 nitrogen and oxygen atoms in total. The third kappa shape index (κ3) is 1.74. The van der Waals surface area contributed by atoms with Crippen LogP contribution in [-0.4, -0.2) is 18.5 Å². The van der Waals surface area contributed by atoms with Crippen molar-refractivity contribution in [2.24, 2.45) is 10.7 Å². The number of hydrogen-bond donors (Lipinski definition) is 4. The molecule has 0 aromatic heterocycles. The van der Waals surface area contributed by atoms with E-state index >= 15 is 0 Å². The highest BCUT2D eigenvalue weighted by Gasteiger charge is 2.29. The maximum atomic E-state index is 13.1. The van der Waals surface area contributed by atoms with Crippen LogP contribution < -0.4 is 21.7 Å². The molecule has 0 aromatic rings. The fourth-order valence-corrected chi connectivity index (χ4v) is 2.16. The van der Waals surface area contributed by atoms with Gasteiger partial charge >= 0.3 is 0 Å². The quantitative estimate of drug-likeness (QED) is 0.558. The van der Waals surface area contributed by atoms with Crippen molar-refractivity contribution in [2.45, 2.75) is 6.17 Å². The number of nitrogens with two attached hydrogens (primary N) is 1. The highest BCUT2D eigenvalue weighted by Crippen LogP contribution is 2.26. The van der Waals surface area contributed by atoms with E-state index in [9.17, 15) is 4.39 Å². The van der Waals surface area contributed by atoms with Gasteiger partial charge in [0, 0.05) is 23.5 Å². The lowest BCUT2D eigenvalue weighted by Gasteiger charge is -2.21. The second-order valence-electron chi connectivity index (χ2n) is 4.06. The number of nitrogens with one attached hydrogen (secondary N) is 3. The summed E-state index contributed by atoms with van der Waals surface area (Å²) in [4.78, 5) is 4.01. The number of nitrogens with zero attached hydrogens (tertiary/aromatic N) is 1. The average Bonchev–Trinajstić information content (AvgIpc) is 2.75. The van der Waals surface area contributed by atoms with Crippen molar-refractivity contribution in [3.63, 3.8) is 0 Å². The lowest BCUT2D eigenvalue weighted by atomic mass is 10.0. The summed E-state index contributed by atoms with van der Waals surface area (Å²) < 4.78 is 13.1. The Morgan fingerprint density at radius 1 is 1.39 bits per heavy atom. The molecule has 0 aliphatic carbocycles. The second-order valence-corrected chi connectivity index (χ2v) is 4.49. The summed E-state index contributed by atoms with van der Waals surface area (Å²) in [5.74, 6) is 0.0120. The zero-order valence-electron chi connectivity index (χ0n) is 9.30. The van der Waals surface area contributed by atoms with Gasteiger partial charge in [-0.25, -0.2) is 9.38 Å². The summed E-state index contributed by atoms with van der Waals surface area (Å²) in [5, 5.41) is 9.72. The minimum absolute atomic E-state index is 0.0380. The van der Waals surface area contributed by atoms with Gasteiger partial charge in [-0.1, -0.05) is 11.6 Å². The first-order valence-corrected chi connectivity index (χ1v) is 5.80. The van der Waals surface area contributed by atoms with Crippen LogP contribution in [0.15, 0.2) is 51.3 Å². The standard InChI is InChI=1S/C11H11ClFN5/c12-5-1-6-7(3-16-10(6)15-2-5)11-17-4-8(13)9(14)18-11/h1-3,10,15-16H,4,14H2,(H,17,18)/t10-/m0/s1. The summed E-state index contributed by atoms with van der Waals surface area (Å²) in [6.07, 6.45) is 5.31. The zero-order valence-corrected chi connectivity index (χ0v) is 10.1. The second kappa shape index (κ2) is 4.06. The molecule has 0 amide bonds. The first kappa shape index (κ1) is 11.2. The third-order valence-corrected chi connectivity index (χ3v) is 3.09. The number of aliphatic imine (C=N–C) groups is 1. The van der Waals surface area contributed by atoms with Crippen LogP contribution in [0.4, 0.5) is 4.39 Å². The van der Waals surface area contributed by atoms with E-state index in [4.69, 9.17) is 17.3 Å². The number of allylic oxidation sites excluding steroid dienone is 2. The molecule has 0 spiro atoms. The highest BCUT2D eigenvalue weighted by molar-refractivity contribution is 6.31. The molecule has 3 heterocycles. The number of hydrogen-bond acceptors (Lipinski definition) is 5. The molecule has 3 rings (SSSR count). The summed E-state index contributed by atoms with van der Waals surface area (Å²) >= 11 is 5.95. The van der Waals surface area contributed by atoms with Crippen LogP contribution in [0.25, 0.3) is 0 Å². The molecule has 18 heavy (non-hydrogen) atoms. The monoisotopic (exact) mass is 267 g/mol. The van der Waals surface area contributed by atoms with Crippen LogP contribution in [0.2, 0.25) is 0 Å². The van der Waals surface area contributed by atoms with Gasteiger partial charge in [0.25, 0.3) is 0 Å². The van der Waals surface area contributed by atoms with E-state index in [0.717, 1.165) is 11.1 Å². The number of amidine groups is 1. The van der Waals surface area contributed by atoms with Crippen LogP contribution in [0, 0.1) is 0 Å². The Morgan fingerprint density at radius 3 is 2.94 bits per heavy atom. The first-order chi connectivity index (χ1) is 8.65. The topological polar surface area (TPSA) is 74.5 Å². The van der Waals surface area contributed by atoms with Gasteiger partial charge in [0.1, 0.15) is 12.0 Å². The Bertz CT molecular complexity index is 558. The summed E-state index contributed by atoms with van der Waals surface area (Å²) in [7, 11) is 0. The van der Waals surface area contributed by atoms with E-state index in [-0.39, 0.29) is 18.5 Å². The minimum Gasteiger partial charge on any atom is -0.381 e.